The van der Waals surface area contributed by atoms with Crippen molar-refractivity contribution in [3.63, 3.8) is 0 Å². The number of aliphatic hydroxyl groups is 1. The van der Waals surface area contributed by atoms with Gasteiger partial charge in [0.15, 0.2) is 0 Å². The van der Waals surface area contributed by atoms with Crippen molar-refractivity contribution in [1.29, 1.82) is 5.26 Å². The first-order valence-corrected chi connectivity index (χ1v) is 7.28. The number of rotatable bonds is 7. The molecular formula is C16H22N2O3. The maximum absolute atomic E-state index is 9.92. The average molecular weight is 290 g/mol. The molecule has 114 valence electrons. The van der Waals surface area contributed by atoms with Gasteiger partial charge in [0.1, 0.15) is 18.5 Å². The van der Waals surface area contributed by atoms with Crippen LogP contribution in [-0.4, -0.2) is 43.6 Å². The number of hydrogen-bond acceptors (Lipinski definition) is 5. The Morgan fingerprint density at radius 2 is 2.14 bits per heavy atom. The molecule has 0 radical (unpaired) electrons. The highest BCUT2D eigenvalue weighted by Crippen LogP contribution is 2.21. The third kappa shape index (κ3) is 5.01. The molecule has 2 N–H and O–H groups in total. The van der Waals surface area contributed by atoms with E-state index < -0.39 is 6.10 Å². The van der Waals surface area contributed by atoms with Crippen LogP contribution in [0.1, 0.15) is 24.8 Å². The van der Waals surface area contributed by atoms with E-state index in [0.29, 0.717) is 30.0 Å². The highest BCUT2D eigenvalue weighted by Gasteiger charge is 2.24. The highest BCUT2D eigenvalue weighted by molar-refractivity contribution is 5.34. The molecule has 0 saturated heterocycles. The van der Waals surface area contributed by atoms with Crippen LogP contribution in [0.4, 0.5) is 0 Å². The zero-order valence-electron chi connectivity index (χ0n) is 12.3. The van der Waals surface area contributed by atoms with Crippen LogP contribution in [0, 0.1) is 11.3 Å². The van der Waals surface area contributed by atoms with Gasteiger partial charge in [0.05, 0.1) is 17.7 Å². The lowest BCUT2D eigenvalue weighted by Crippen LogP contribution is -2.37. The molecule has 21 heavy (non-hydrogen) atoms. The fourth-order valence-corrected chi connectivity index (χ4v) is 2.52. The number of nitrogens with zero attached hydrogens (tertiary/aromatic N) is 1. The molecule has 1 aromatic rings. The summed E-state index contributed by atoms with van der Waals surface area (Å²) in [5.74, 6) is 0.661. The molecule has 5 nitrogen and oxygen atoms in total. The van der Waals surface area contributed by atoms with Gasteiger partial charge < -0.3 is 19.9 Å². The summed E-state index contributed by atoms with van der Waals surface area (Å²) < 4.78 is 10.8. The molecule has 1 aliphatic rings. The summed E-state index contributed by atoms with van der Waals surface area (Å²) >= 11 is 0. The summed E-state index contributed by atoms with van der Waals surface area (Å²) in [5.41, 5.74) is 0.596. The minimum atomic E-state index is -0.553. The Kier molecular flexibility index (Phi) is 6.00. The van der Waals surface area contributed by atoms with Crippen LogP contribution >= 0.6 is 0 Å². The number of ether oxygens (including phenoxy) is 2. The van der Waals surface area contributed by atoms with Crippen molar-refractivity contribution < 1.29 is 14.6 Å². The molecule has 0 amide bonds. The van der Waals surface area contributed by atoms with Crippen LogP contribution in [0.3, 0.4) is 0 Å². The molecule has 0 aromatic heterocycles. The van der Waals surface area contributed by atoms with Crippen molar-refractivity contribution in [1.82, 2.24) is 5.32 Å². The molecule has 3 unspecified atom stereocenters. The second-order valence-electron chi connectivity index (χ2n) is 5.38. The molecular weight excluding hydrogens is 268 g/mol. The number of benzene rings is 1. The monoisotopic (exact) mass is 290 g/mol. The molecule has 0 bridgehead atoms. The second-order valence-corrected chi connectivity index (χ2v) is 5.38. The third-order valence-corrected chi connectivity index (χ3v) is 3.79. The Bertz CT molecular complexity index is 469. The van der Waals surface area contributed by atoms with Gasteiger partial charge in [0.25, 0.3) is 0 Å². The predicted molar refractivity (Wildman–Crippen MR) is 79.1 cm³/mol. The molecule has 0 aliphatic heterocycles. The van der Waals surface area contributed by atoms with Crippen molar-refractivity contribution >= 4 is 0 Å². The molecule has 2 rings (SSSR count). The number of aliphatic hydroxyl groups excluding tert-OH is 1. The predicted octanol–water partition coefficient (Wildman–Crippen LogP) is 1.46. The zero-order valence-corrected chi connectivity index (χ0v) is 12.3. The van der Waals surface area contributed by atoms with Gasteiger partial charge in [0.2, 0.25) is 0 Å². The zero-order chi connectivity index (χ0) is 15.1. The quantitative estimate of drug-likeness (QED) is 0.795. The van der Waals surface area contributed by atoms with Gasteiger partial charge in [-0.15, -0.1) is 0 Å². The standard InChI is InChI=1S/C16H22N2O3/c1-20-16-7-4-13(8-16)18-10-14(19)11-21-15-5-2-12(9-17)3-6-15/h2-3,5-6,13-14,16,18-19H,4,7-8,10-11H2,1H3. The maximum atomic E-state index is 9.92. The largest absolute Gasteiger partial charge is 0.491 e. The van der Waals surface area contributed by atoms with Gasteiger partial charge >= 0.3 is 0 Å². The summed E-state index contributed by atoms with van der Waals surface area (Å²) in [5, 5.41) is 22.0. The first kappa shape index (κ1) is 15.8. The van der Waals surface area contributed by atoms with Crippen molar-refractivity contribution in [2.45, 2.75) is 37.5 Å². The molecule has 1 aromatic carbocycles. The van der Waals surface area contributed by atoms with E-state index in [9.17, 15) is 5.11 Å². The Morgan fingerprint density at radius 3 is 2.76 bits per heavy atom. The van der Waals surface area contributed by atoms with Crippen molar-refractivity contribution in [2.24, 2.45) is 0 Å². The first-order chi connectivity index (χ1) is 10.2. The van der Waals surface area contributed by atoms with Crippen LogP contribution in [0.2, 0.25) is 0 Å². The van der Waals surface area contributed by atoms with Crippen LogP contribution in [0.25, 0.3) is 0 Å². The Hall–Kier alpha value is -1.61. The molecule has 0 heterocycles. The third-order valence-electron chi connectivity index (χ3n) is 3.79. The van der Waals surface area contributed by atoms with Crippen LogP contribution in [-0.2, 0) is 4.74 Å². The van der Waals surface area contributed by atoms with Crippen LogP contribution in [0.15, 0.2) is 24.3 Å². The van der Waals surface area contributed by atoms with Gasteiger partial charge in [0, 0.05) is 19.7 Å². The fraction of sp³-hybridized carbons (Fsp3) is 0.562. The Labute approximate surface area is 125 Å². The van der Waals surface area contributed by atoms with Crippen LogP contribution in [0.5, 0.6) is 5.75 Å². The molecule has 3 atom stereocenters. The van der Waals surface area contributed by atoms with Crippen molar-refractivity contribution in [3.05, 3.63) is 29.8 Å². The van der Waals surface area contributed by atoms with Crippen molar-refractivity contribution in [2.75, 3.05) is 20.3 Å². The molecule has 0 spiro atoms. The first-order valence-electron chi connectivity index (χ1n) is 7.28. The summed E-state index contributed by atoms with van der Waals surface area (Å²) in [6, 6.07) is 9.34. The smallest absolute Gasteiger partial charge is 0.119 e. The Morgan fingerprint density at radius 1 is 1.38 bits per heavy atom. The van der Waals surface area contributed by atoms with E-state index in [4.69, 9.17) is 14.7 Å². The Balaban J connectivity index is 1.65. The summed E-state index contributed by atoms with van der Waals surface area (Å²) in [7, 11) is 1.74. The van der Waals surface area contributed by atoms with E-state index in [1.54, 1.807) is 31.4 Å². The minimum absolute atomic E-state index is 0.235. The summed E-state index contributed by atoms with van der Waals surface area (Å²) in [4.78, 5) is 0. The van der Waals surface area contributed by atoms with Gasteiger partial charge in [-0.3, -0.25) is 0 Å². The molecule has 5 heteroatoms. The number of methoxy groups -OCH3 is 1. The van der Waals surface area contributed by atoms with E-state index in [0.717, 1.165) is 19.3 Å². The minimum Gasteiger partial charge on any atom is -0.491 e. The maximum Gasteiger partial charge on any atom is 0.119 e. The van der Waals surface area contributed by atoms with E-state index in [1.807, 2.05) is 0 Å². The lowest BCUT2D eigenvalue weighted by molar-refractivity contribution is 0.0966. The van der Waals surface area contributed by atoms with Gasteiger partial charge in [-0.2, -0.15) is 5.26 Å². The van der Waals surface area contributed by atoms with E-state index in [2.05, 4.69) is 11.4 Å². The number of nitrogens with one attached hydrogen (secondary N) is 1. The van der Waals surface area contributed by atoms with E-state index >= 15 is 0 Å². The number of nitriles is 1. The van der Waals surface area contributed by atoms with Crippen molar-refractivity contribution in [3.8, 4) is 11.8 Å². The lowest BCUT2D eigenvalue weighted by Gasteiger charge is -2.17. The van der Waals surface area contributed by atoms with E-state index in [-0.39, 0.29) is 6.61 Å². The summed E-state index contributed by atoms with van der Waals surface area (Å²) in [6.07, 6.45) is 2.95. The molecule has 1 fully saturated rings. The SMILES string of the molecule is COC1CCC(NCC(O)COc2ccc(C#N)cc2)C1. The topological polar surface area (TPSA) is 74.5 Å². The number of hydrogen-bond donors (Lipinski definition) is 2. The normalized spacial score (nSPS) is 22.7. The summed E-state index contributed by atoms with van der Waals surface area (Å²) in [6.45, 7) is 0.747. The molecule has 1 aliphatic carbocycles. The average Bonchev–Trinajstić information content (AvgIpc) is 2.99. The van der Waals surface area contributed by atoms with Crippen LogP contribution < -0.4 is 10.1 Å². The van der Waals surface area contributed by atoms with Gasteiger partial charge in [-0.25, -0.2) is 0 Å². The fourth-order valence-electron chi connectivity index (χ4n) is 2.52. The highest BCUT2D eigenvalue weighted by atomic mass is 16.5. The van der Waals surface area contributed by atoms with E-state index in [1.165, 1.54) is 0 Å². The molecule has 1 saturated carbocycles. The lowest BCUT2D eigenvalue weighted by atomic mass is 10.2. The van der Waals surface area contributed by atoms with Gasteiger partial charge in [-0.1, -0.05) is 0 Å². The van der Waals surface area contributed by atoms with Gasteiger partial charge in [-0.05, 0) is 43.5 Å². The second kappa shape index (κ2) is 7.99.